The number of aryl methyl sites for hydroxylation is 2. The lowest BCUT2D eigenvalue weighted by molar-refractivity contribution is -0.0885. The Hall–Kier alpha value is -5.18. The molecule has 0 saturated carbocycles. The van der Waals surface area contributed by atoms with Gasteiger partial charge in [-0.2, -0.15) is 28.6 Å². The number of allylic oxidation sites excluding steroid dienone is 2. The van der Waals surface area contributed by atoms with Gasteiger partial charge in [0.1, 0.15) is 6.07 Å². The summed E-state index contributed by atoms with van der Waals surface area (Å²) < 4.78 is 41.2. The number of hydrogen-bond acceptors (Lipinski definition) is 8. The largest absolute Gasteiger partial charge is 0.455 e. The zero-order valence-electron chi connectivity index (χ0n) is 20.7. The number of anilines is 2. The molecular formula is C27H19F3N8O. The molecule has 1 aliphatic heterocycles. The summed E-state index contributed by atoms with van der Waals surface area (Å²) in [6.07, 6.45) is -1.44. The summed E-state index contributed by atoms with van der Waals surface area (Å²) in [6, 6.07) is 14.9. The Balaban J connectivity index is 1.49. The molecule has 0 saturated heterocycles. The van der Waals surface area contributed by atoms with Gasteiger partial charge in [-0.1, -0.05) is 6.07 Å². The molecule has 39 heavy (non-hydrogen) atoms. The number of nitrogens with one attached hydrogen (secondary N) is 1. The molecule has 1 N–H and O–H groups in total. The second-order valence-corrected chi connectivity index (χ2v) is 8.76. The second kappa shape index (κ2) is 9.94. The molecule has 9 nitrogen and oxygen atoms in total. The number of nitrogens with zero attached hydrogens (tertiary/aromatic N) is 7. The van der Waals surface area contributed by atoms with Crippen LogP contribution in [0.25, 0.3) is 11.4 Å². The zero-order valence-corrected chi connectivity index (χ0v) is 20.7. The van der Waals surface area contributed by atoms with Crippen molar-refractivity contribution in [3.05, 3.63) is 88.5 Å². The minimum Gasteiger partial charge on any atom is -0.339 e. The SMILES string of the molecule is Cc1ccc(Nc2ccc3c(c2)N=CC=C(c2ccc(C(=O)C(F)(F)F)c(-n4nc(C#N)cc4C)n2)C3)nn1. The molecule has 12 heteroatoms. The number of aliphatic imine (C=N–C) groups is 1. The molecular weight excluding hydrogens is 509 g/mol. The summed E-state index contributed by atoms with van der Waals surface area (Å²) in [7, 11) is 0. The molecule has 5 rings (SSSR count). The predicted molar refractivity (Wildman–Crippen MR) is 138 cm³/mol. The Labute approximate surface area is 220 Å². The molecule has 0 aliphatic carbocycles. The maximum Gasteiger partial charge on any atom is 0.455 e. The third kappa shape index (κ3) is 5.28. The van der Waals surface area contributed by atoms with Gasteiger partial charge in [0.25, 0.3) is 5.78 Å². The molecule has 0 amide bonds. The van der Waals surface area contributed by atoms with Gasteiger partial charge < -0.3 is 5.32 Å². The van der Waals surface area contributed by atoms with Crippen LogP contribution in [0.2, 0.25) is 0 Å². The topological polar surface area (TPSA) is 122 Å². The van der Waals surface area contributed by atoms with Crippen molar-refractivity contribution in [2.45, 2.75) is 26.4 Å². The van der Waals surface area contributed by atoms with Crippen LogP contribution in [0.4, 0.5) is 30.4 Å². The molecule has 1 aliphatic rings. The highest BCUT2D eigenvalue weighted by atomic mass is 19.4. The predicted octanol–water partition coefficient (Wildman–Crippen LogP) is 5.38. The van der Waals surface area contributed by atoms with Crippen LogP contribution in [0, 0.1) is 25.2 Å². The lowest BCUT2D eigenvalue weighted by atomic mass is 9.99. The Kier molecular flexibility index (Phi) is 6.49. The van der Waals surface area contributed by atoms with Crippen LogP contribution in [0.5, 0.6) is 0 Å². The maximum absolute atomic E-state index is 13.4. The van der Waals surface area contributed by atoms with E-state index < -0.39 is 17.5 Å². The molecule has 3 aromatic heterocycles. The highest BCUT2D eigenvalue weighted by Crippen LogP contribution is 2.33. The number of alkyl halides is 3. The summed E-state index contributed by atoms with van der Waals surface area (Å²) in [6.45, 7) is 3.41. The van der Waals surface area contributed by atoms with Crippen LogP contribution in [-0.2, 0) is 6.42 Å². The normalized spacial score (nSPS) is 12.8. The van der Waals surface area contributed by atoms with Gasteiger partial charge in [0, 0.05) is 24.0 Å². The summed E-state index contributed by atoms with van der Waals surface area (Å²) >= 11 is 0. The number of aromatic nitrogens is 5. The van der Waals surface area contributed by atoms with Gasteiger partial charge >= 0.3 is 6.18 Å². The summed E-state index contributed by atoms with van der Waals surface area (Å²) in [5.74, 6) is -1.78. The number of carbonyl (C=O) groups is 1. The van der Waals surface area contributed by atoms with Crippen molar-refractivity contribution in [1.29, 1.82) is 5.26 Å². The van der Waals surface area contributed by atoms with Crippen molar-refractivity contribution in [2.75, 3.05) is 5.32 Å². The second-order valence-electron chi connectivity index (χ2n) is 8.76. The molecule has 4 aromatic rings. The smallest absolute Gasteiger partial charge is 0.339 e. The van der Waals surface area contributed by atoms with Crippen molar-refractivity contribution < 1.29 is 18.0 Å². The first-order valence-corrected chi connectivity index (χ1v) is 11.7. The Morgan fingerprint density at radius 1 is 1.08 bits per heavy atom. The van der Waals surface area contributed by atoms with E-state index in [4.69, 9.17) is 0 Å². The van der Waals surface area contributed by atoms with Gasteiger partial charge in [0.05, 0.1) is 22.6 Å². The molecule has 0 fully saturated rings. The number of nitriles is 1. The number of rotatable bonds is 5. The fourth-order valence-electron chi connectivity index (χ4n) is 4.03. The molecule has 0 unspecified atom stereocenters. The van der Waals surface area contributed by atoms with E-state index >= 15 is 0 Å². The first-order chi connectivity index (χ1) is 18.6. The fourth-order valence-corrected chi connectivity index (χ4v) is 4.03. The van der Waals surface area contributed by atoms with Crippen LogP contribution in [0.3, 0.4) is 0 Å². The van der Waals surface area contributed by atoms with E-state index in [1.54, 1.807) is 19.2 Å². The number of halogens is 3. The number of Topliss-reactive ketones (excluding diaryl/α,β-unsaturated/α-hetero) is 1. The average Bonchev–Trinajstić information content (AvgIpc) is 3.16. The van der Waals surface area contributed by atoms with E-state index in [1.807, 2.05) is 43.3 Å². The van der Waals surface area contributed by atoms with Gasteiger partial charge in [-0.3, -0.25) is 9.79 Å². The average molecular weight is 528 g/mol. The number of hydrogen-bond donors (Lipinski definition) is 1. The quantitative estimate of drug-likeness (QED) is 0.345. The van der Waals surface area contributed by atoms with Crippen molar-refractivity contribution in [3.63, 3.8) is 0 Å². The number of fused-ring (bicyclic) bond motifs is 1. The van der Waals surface area contributed by atoms with E-state index in [9.17, 15) is 23.2 Å². The van der Waals surface area contributed by atoms with Crippen molar-refractivity contribution in [3.8, 4) is 11.9 Å². The molecule has 0 radical (unpaired) electrons. The van der Waals surface area contributed by atoms with Gasteiger partial charge in [0.2, 0.25) is 0 Å². The highest BCUT2D eigenvalue weighted by Gasteiger charge is 2.41. The lowest BCUT2D eigenvalue weighted by Crippen LogP contribution is -2.25. The minimum atomic E-state index is -5.11. The van der Waals surface area contributed by atoms with Crippen LogP contribution in [0.15, 0.2) is 59.6 Å². The standard InChI is InChI=1S/C27H19F3N8O/c1-15-3-8-24(36-35-15)33-19-5-4-17-12-18(9-10-32-23(17)13-19)22-7-6-21(25(39)27(28,29)30)26(34-22)38-16(2)11-20(14-31)37-38/h3-11,13H,12H2,1-2H3,(H,33,36). The molecule has 4 heterocycles. The number of carbonyl (C=O) groups excluding carboxylic acids is 1. The Bertz CT molecular complexity index is 1700. The third-order valence-corrected chi connectivity index (χ3v) is 5.93. The van der Waals surface area contributed by atoms with Gasteiger partial charge in [0.15, 0.2) is 17.3 Å². The number of benzene rings is 1. The maximum atomic E-state index is 13.4. The molecule has 0 atom stereocenters. The number of ketones is 1. The Morgan fingerprint density at radius 2 is 1.90 bits per heavy atom. The summed E-state index contributed by atoms with van der Waals surface area (Å²) in [5.41, 5.74) is 3.78. The molecule has 194 valence electrons. The number of pyridine rings is 1. The van der Waals surface area contributed by atoms with Gasteiger partial charge in [-0.05, 0) is 73.5 Å². The first kappa shape index (κ1) is 25.5. The van der Waals surface area contributed by atoms with Crippen LogP contribution >= 0.6 is 0 Å². The lowest BCUT2D eigenvalue weighted by Gasteiger charge is -2.14. The first-order valence-electron chi connectivity index (χ1n) is 11.7. The van der Waals surface area contributed by atoms with Crippen molar-refractivity contribution in [1.82, 2.24) is 25.0 Å². The van der Waals surface area contributed by atoms with E-state index in [1.165, 1.54) is 12.1 Å². The van der Waals surface area contributed by atoms with Gasteiger partial charge in [-0.15, -0.1) is 5.10 Å². The van der Waals surface area contributed by atoms with Crippen LogP contribution in [-0.4, -0.2) is 43.1 Å². The van der Waals surface area contributed by atoms with E-state index in [0.29, 0.717) is 34.9 Å². The van der Waals surface area contributed by atoms with Crippen LogP contribution in [0.1, 0.15) is 38.7 Å². The van der Waals surface area contributed by atoms with Gasteiger partial charge in [-0.25, -0.2) is 9.67 Å². The van der Waals surface area contributed by atoms with Crippen molar-refractivity contribution in [2.24, 2.45) is 4.99 Å². The van der Waals surface area contributed by atoms with Crippen LogP contribution < -0.4 is 5.32 Å². The highest BCUT2D eigenvalue weighted by molar-refractivity contribution is 6.03. The molecule has 0 bridgehead atoms. The van der Waals surface area contributed by atoms with E-state index in [-0.39, 0.29) is 11.5 Å². The summed E-state index contributed by atoms with van der Waals surface area (Å²) in [5, 5.41) is 24.5. The monoisotopic (exact) mass is 528 g/mol. The fraction of sp³-hybridized carbons (Fsp3) is 0.148. The summed E-state index contributed by atoms with van der Waals surface area (Å²) in [4.78, 5) is 21.1. The van der Waals surface area contributed by atoms with E-state index in [0.717, 1.165) is 27.7 Å². The Morgan fingerprint density at radius 3 is 2.59 bits per heavy atom. The van der Waals surface area contributed by atoms with E-state index in [2.05, 4.69) is 30.6 Å². The minimum absolute atomic E-state index is 0.0131. The molecule has 0 spiro atoms. The third-order valence-electron chi connectivity index (χ3n) is 5.93. The molecule has 1 aromatic carbocycles. The zero-order chi connectivity index (χ0) is 27.7. The van der Waals surface area contributed by atoms with Crippen molar-refractivity contribution >= 4 is 34.8 Å².